The summed E-state index contributed by atoms with van der Waals surface area (Å²) in [5.41, 5.74) is 0. The molecule has 0 fully saturated rings. The number of nitrogens with zero attached hydrogens (tertiary/aromatic N) is 1. The topological polar surface area (TPSA) is 74.7 Å². The summed E-state index contributed by atoms with van der Waals surface area (Å²) in [4.78, 5) is 13.7. The third kappa shape index (κ3) is 21.6. The lowest BCUT2D eigenvalue weighted by atomic mass is 10.1. The van der Waals surface area contributed by atoms with Crippen LogP contribution in [0.2, 0.25) is 0 Å². The number of unbranched alkanes of at least 4 members (excludes halogenated alkanes) is 12. The molecule has 5 nitrogen and oxygen atoms in total. The van der Waals surface area contributed by atoms with E-state index in [-0.39, 0.29) is 11.7 Å². The van der Waals surface area contributed by atoms with E-state index >= 15 is 0 Å². The molecule has 1 N–H and O–H groups in total. The molecule has 29 heavy (non-hydrogen) atoms. The van der Waals surface area contributed by atoms with Gasteiger partial charge in [-0.1, -0.05) is 70.4 Å². The zero-order valence-corrected chi connectivity index (χ0v) is 19.7. The molecular formula is C23H45NO4S. The summed E-state index contributed by atoms with van der Waals surface area (Å²) in [5.74, 6) is -0.113. The molecule has 6 heteroatoms. The zero-order chi connectivity index (χ0) is 21.8. The van der Waals surface area contributed by atoms with Crippen LogP contribution in [0.15, 0.2) is 12.2 Å². The van der Waals surface area contributed by atoms with E-state index in [9.17, 15) is 13.2 Å². The van der Waals surface area contributed by atoms with Crippen molar-refractivity contribution < 1.29 is 17.8 Å². The van der Waals surface area contributed by atoms with Crippen LogP contribution in [0.5, 0.6) is 0 Å². The van der Waals surface area contributed by atoms with E-state index in [4.69, 9.17) is 4.55 Å². The van der Waals surface area contributed by atoms with Crippen LogP contribution < -0.4 is 0 Å². The fraction of sp³-hybridized carbons (Fsp3) is 0.870. The first-order valence-electron chi connectivity index (χ1n) is 11.7. The molecular weight excluding hydrogens is 386 g/mol. The molecule has 0 saturated carbocycles. The van der Waals surface area contributed by atoms with Crippen LogP contribution in [0.3, 0.4) is 0 Å². The monoisotopic (exact) mass is 431 g/mol. The van der Waals surface area contributed by atoms with Crippen molar-refractivity contribution in [3.05, 3.63) is 12.2 Å². The van der Waals surface area contributed by atoms with E-state index in [1.807, 2.05) is 0 Å². The van der Waals surface area contributed by atoms with Crippen molar-refractivity contribution >= 4 is 16.0 Å². The third-order valence-electron chi connectivity index (χ3n) is 5.22. The van der Waals surface area contributed by atoms with Crippen molar-refractivity contribution in [2.45, 2.75) is 110 Å². The molecule has 172 valence electrons. The van der Waals surface area contributed by atoms with Gasteiger partial charge in [-0.25, -0.2) is 0 Å². The predicted molar refractivity (Wildman–Crippen MR) is 123 cm³/mol. The molecule has 0 heterocycles. The minimum Gasteiger partial charge on any atom is -0.346 e. The predicted octanol–water partition coefficient (Wildman–Crippen LogP) is 6.15. The second kappa shape index (κ2) is 19.1. The minimum absolute atomic E-state index is 0.120. The molecule has 0 aliphatic heterocycles. The average Bonchev–Trinajstić information content (AvgIpc) is 2.67. The van der Waals surface area contributed by atoms with Crippen molar-refractivity contribution in [3.63, 3.8) is 0 Å². The third-order valence-corrected chi connectivity index (χ3v) is 6.03. The Kier molecular flexibility index (Phi) is 18.5. The lowest BCUT2D eigenvalue weighted by Gasteiger charge is -2.16. The molecule has 0 spiro atoms. The summed E-state index contributed by atoms with van der Waals surface area (Å²) in [6.45, 7) is 2.79. The van der Waals surface area contributed by atoms with Gasteiger partial charge in [0.25, 0.3) is 10.1 Å². The fourth-order valence-corrected chi connectivity index (χ4v) is 3.86. The van der Waals surface area contributed by atoms with Crippen LogP contribution >= 0.6 is 0 Å². The number of allylic oxidation sites excluding steroid dienone is 2. The van der Waals surface area contributed by atoms with E-state index in [1.165, 1.54) is 70.6 Å². The van der Waals surface area contributed by atoms with Gasteiger partial charge in [0.15, 0.2) is 0 Å². The molecule has 0 aromatic rings. The van der Waals surface area contributed by atoms with Gasteiger partial charge in [-0.3, -0.25) is 9.35 Å². The van der Waals surface area contributed by atoms with Crippen molar-refractivity contribution in [1.29, 1.82) is 0 Å². The number of rotatable bonds is 20. The van der Waals surface area contributed by atoms with Crippen LogP contribution in [-0.4, -0.2) is 43.1 Å². The summed E-state index contributed by atoms with van der Waals surface area (Å²) in [6.07, 6.45) is 22.4. The molecule has 0 aliphatic carbocycles. The summed E-state index contributed by atoms with van der Waals surface area (Å²) in [5, 5.41) is 0. The van der Waals surface area contributed by atoms with Crippen LogP contribution in [-0.2, 0) is 14.9 Å². The van der Waals surface area contributed by atoms with E-state index < -0.39 is 10.1 Å². The van der Waals surface area contributed by atoms with Gasteiger partial charge < -0.3 is 4.90 Å². The lowest BCUT2D eigenvalue weighted by molar-refractivity contribution is -0.130. The minimum atomic E-state index is -3.89. The van der Waals surface area contributed by atoms with Gasteiger partial charge in [-0.05, 0) is 44.9 Å². The largest absolute Gasteiger partial charge is 0.346 e. The molecule has 0 aliphatic rings. The number of hydrogen-bond acceptors (Lipinski definition) is 3. The molecule has 0 aromatic heterocycles. The molecule has 0 unspecified atom stereocenters. The first-order valence-corrected chi connectivity index (χ1v) is 13.3. The lowest BCUT2D eigenvalue weighted by Crippen LogP contribution is -2.27. The Morgan fingerprint density at radius 3 is 1.86 bits per heavy atom. The maximum absolute atomic E-state index is 12.0. The highest BCUT2D eigenvalue weighted by Crippen LogP contribution is 2.10. The van der Waals surface area contributed by atoms with Crippen LogP contribution in [0.25, 0.3) is 0 Å². The average molecular weight is 432 g/mol. The Balaban J connectivity index is 3.42. The maximum Gasteiger partial charge on any atom is 0.264 e. The first kappa shape index (κ1) is 28.1. The van der Waals surface area contributed by atoms with Gasteiger partial charge in [0.2, 0.25) is 5.91 Å². The fourth-order valence-electron chi connectivity index (χ4n) is 3.30. The van der Waals surface area contributed by atoms with Crippen molar-refractivity contribution in [1.82, 2.24) is 4.90 Å². The Labute approximate surface area is 180 Å². The van der Waals surface area contributed by atoms with Crippen molar-refractivity contribution in [2.24, 2.45) is 0 Å². The van der Waals surface area contributed by atoms with E-state index in [0.717, 1.165) is 12.8 Å². The smallest absolute Gasteiger partial charge is 0.264 e. The first-order chi connectivity index (χ1) is 13.9. The summed E-state index contributed by atoms with van der Waals surface area (Å²) >= 11 is 0. The van der Waals surface area contributed by atoms with E-state index in [1.54, 1.807) is 11.9 Å². The highest BCUT2D eigenvalue weighted by atomic mass is 32.2. The normalized spacial score (nSPS) is 12.0. The number of carbonyl (C=O) groups excluding carboxylic acids is 1. The Hall–Kier alpha value is -0.880. The zero-order valence-electron chi connectivity index (χ0n) is 18.9. The number of carbonyl (C=O) groups is 1. The summed E-state index contributed by atoms with van der Waals surface area (Å²) < 4.78 is 30.0. The Morgan fingerprint density at radius 2 is 1.31 bits per heavy atom. The number of amides is 1. The van der Waals surface area contributed by atoms with Gasteiger partial charge >= 0.3 is 0 Å². The SMILES string of the molecule is CCCCCCCC/C=C/CCCCCCCC(=O)N(C)CCCCS(=O)(=O)O. The van der Waals surface area contributed by atoms with Crippen LogP contribution in [0.4, 0.5) is 0 Å². The second-order valence-corrected chi connectivity index (χ2v) is 9.71. The Morgan fingerprint density at radius 1 is 0.793 bits per heavy atom. The molecule has 0 atom stereocenters. The van der Waals surface area contributed by atoms with E-state index in [2.05, 4.69) is 19.1 Å². The maximum atomic E-state index is 12.0. The molecule has 0 rings (SSSR count). The standard InChI is InChI=1S/C23H45NO4S/c1-3-4-5-6-7-8-9-10-11-12-13-14-15-16-17-20-23(25)24(2)21-18-19-22-29(26,27)28/h10-11H,3-9,12-22H2,1-2H3,(H,26,27,28)/b11-10+. The van der Waals surface area contributed by atoms with Gasteiger partial charge in [-0.2, -0.15) is 8.42 Å². The summed E-state index contributed by atoms with van der Waals surface area (Å²) in [7, 11) is -2.13. The molecule has 0 radical (unpaired) electrons. The molecule has 0 saturated heterocycles. The van der Waals surface area contributed by atoms with Crippen molar-refractivity contribution in [3.8, 4) is 0 Å². The van der Waals surface area contributed by atoms with Gasteiger partial charge in [-0.15, -0.1) is 0 Å². The highest BCUT2D eigenvalue weighted by Gasteiger charge is 2.09. The van der Waals surface area contributed by atoms with Gasteiger partial charge in [0.05, 0.1) is 5.75 Å². The van der Waals surface area contributed by atoms with E-state index in [0.29, 0.717) is 25.8 Å². The molecule has 0 bridgehead atoms. The quantitative estimate of drug-likeness (QED) is 0.142. The number of hydrogen-bond donors (Lipinski definition) is 1. The summed E-state index contributed by atoms with van der Waals surface area (Å²) in [6, 6.07) is 0. The highest BCUT2D eigenvalue weighted by molar-refractivity contribution is 7.85. The van der Waals surface area contributed by atoms with Crippen LogP contribution in [0.1, 0.15) is 110 Å². The van der Waals surface area contributed by atoms with Gasteiger partial charge in [0.1, 0.15) is 0 Å². The Bertz CT molecular complexity index is 517. The second-order valence-electron chi connectivity index (χ2n) is 8.14. The van der Waals surface area contributed by atoms with Crippen molar-refractivity contribution in [2.75, 3.05) is 19.3 Å². The molecule has 0 aromatic carbocycles. The van der Waals surface area contributed by atoms with Crippen LogP contribution in [0, 0.1) is 0 Å². The molecule has 1 amide bonds. The van der Waals surface area contributed by atoms with Gasteiger partial charge in [0, 0.05) is 20.0 Å².